The van der Waals surface area contributed by atoms with Crippen LogP contribution in [0.2, 0.25) is 0 Å². The topological polar surface area (TPSA) is 88.2 Å². The van der Waals surface area contributed by atoms with Crippen molar-refractivity contribution in [3.05, 3.63) is 34.9 Å². The van der Waals surface area contributed by atoms with Crippen molar-refractivity contribution < 1.29 is 14.7 Å². The Kier molecular flexibility index (Phi) is 6.68. The minimum absolute atomic E-state index is 0.0825. The second kappa shape index (κ2) is 8.26. The third-order valence-corrected chi connectivity index (χ3v) is 3.37. The summed E-state index contributed by atoms with van der Waals surface area (Å²) in [5, 5.41) is 11.5. The summed E-state index contributed by atoms with van der Waals surface area (Å²) in [5.74, 6) is 0.0196. The number of hydrogen-bond donors (Lipinski definition) is 2. The molecule has 21 heavy (non-hydrogen) atoms. The number of methoxy groups -OCH3 is 1. The molecule has 116 valence electrons. The van der Waals surface area contributed by atoms with E-state index in [-0.39, 0.29) is 11.7 Å². The molecule has 0 atom stereocenters. The molecule has 0 saturated heterocycles. The number of carbonyl (C=O) groups excluding carboxylic acids is 1. The van der Waals surface area contributed by atoms with E-state index in [0.717, 1.165) is 11.1 Å². The highest BCUT2D eigenvalue weighted by Crippen LogP contribution is 2.12. The van der Waals surface area contributed by atoms with Crippen molar-refractivity contribution >= 4 is 11.7 Å². The molecule has 1 aromatic rings. The molecule has 1 amide bonds. The molecule has 0 heterocycles. The second-order valence-electron chi connectivity index (χ2n) is 4.93. The van der Waals surface area contributed by atoms with Gasteiger partial charge in [-0.15, -0.1) is 0 Å². The van der Waals surface area contributed by atoms with E-state index >= 15 is 0 Å². The first-order valence-electron chi connectivity index (χ1n) is 6.81. The highest BCUT2D eigenvalue weighted by Gasteiger charge is 2.16. The van der Waals surface area contributed by atoms with Gasteiger partial charge in [0.05, 0.1) is 6.61 Å². The molecule has 6 nitrogen and oxygen atoms in total. The van der Waals surface area contributed by atoms with Crippen LogP contribution in [-0.4, -0.2) is 48.7 Å². The summed E-state index contributed by atoms with van der Waals surface area (Å²) in [4.78, 5) is 14.2. The van der Waals surface area contributed by atoms with Crippen molar-refractivity contribution in [2.45, 2.75) is 20.3 Å². The average molecular weight is 293 g/mol. The lowest BCUT2D eigenvalue weighted by Gasteiger charge is -2.22. The maximum Gasteiger partial charge on any atom is 0.253 e. The van der Waals surface area contributed by atoms with E-state index in [9.17, 15) is 4.79 Å². The standard InChI is InChI=1S/C15H23N3O3/c1-11-4-5-13(10-12(11)2)15(19)18(8-9-21-3)7-6-14(16)17-20/h4-5,10,20H,6-9H2,1-3H3,(H2,16,17). The molecule has 0 spiro atoms. The van der Waals surface area contributed by atoms with Crippen LogP contribution in [0.1, 0.15) is 27.9 Å². The highest BCUT2D eigenvalue weighted by molar-refractivity contribution is 5.94. The fraction of sp³-hybridized carbons (Fsp3) is 0.467. The Morgan fingerprint density at radius 3 is 2.62 bits per heavy atom. The summed E-state index contributed by atoms with van der Waals surface area (Å²) in [7, 11) is 1.59. The molecule has 0 fully saturated rings. The Balaban J connectivity index is 2.84. The quantitative estimate of drug-likeness (QED) is 0.345. The van der Waals surface area contributed by atoms with Gasteiger partial charge in [0.1, 0.15) is 5.84 Å². The molecule has 0 aliphatic rings. The maximum absolute atomic E-state index is 12.5. The molecular formula is C15H23N3O3. The van der Waals surface area contributed by atoms with Gasteiger partial charge in [-0.05, 0) is 37.1 Å². The summed E-state index contributed by atoms with van der Waals surface area (Å²) >= 11 is 0. The number of amidine groups is 1. The zero-order chi connectivity index (χ0) is 15.8. The lowest BCUT2D eigenvalue weighted by Crippen LogP contribution is -2.36. The molecule has 3 N–H and O–H groups in total. The smallest absolute Gasteiger partial charge is 0.253 e. The van der Waals surface area contributed by atoms with Gasteiger partial charge in [0, 0.05) is 32.2 Å². The van der Waals surface area contributed by atoms with E-state index in [1.807, 2.05) is 32.0 Å². The monoisotopic (exact) mass is 293 g/mol. The van der Waals surface area contributed by atoms with E-state index in [2.05, 4.69) is 5.16 Å². The summed E-state index contributed by atoms with van der Waals surface area (Å²) in [6.07, 6.45) is 0.316. The van der Waals surface area contributed by atoms with Crippen molar-refractivity contribution in [2.24, 2.45) is 10.9 Å². The fourth-order valence-electron chi connectivity index (χ4n) is 1.87. The predicted molar refractivity (Wildman–Crippen MR) is 81.7 cm³/mol. The number of hydrogen-bond acceptors (Lipinski definition) is 4. The Hall–Kier alpha value is -2.08. The number of rotatable bonds is 7. The van der Waals surface area contributed by atoms with Gasteiger partial charge in [0.2, 0.25) is 0 Å². The van der Waals surface area contributed by atoms with Crippen LogP contribution in [-0.2, 0) is 4.74 Å². The van der Waals surface area contributed by atoms with Crippen LogP contribution in [0.25, 0.3) is 0 Å². The third-order valence-electron chi connectivity index (χ3n) is 3.37. The van der Waals surface area contributed by atoms with Crippen molar-refractivity contribution in [1.29, 1.82) is 0 Å². The van der Waals surface area contributed by atoms with Crippen LogP contribution in [0.3, 0.4) is 0 Å². The van der Waals surface area contributed by atoms with Crippen LogP contribution >= 0.6 is 0 Å². The van der Waals surface area contributed by atoms with Gasteiger partial charge in [-0.2, -0.15) is 0 Å². The van der Waals surface area contributed by atoms with Crippen LogP contribution in [0, 0.1) is 13.8 Å². The van der Waals surface area contributed by atoms with Gasteiger partial charge < -0.3 is 20.6 Å². The van der Waals surface area contributed by atoms with Crippen LogP contribution in [0.15, 0.2) is 23.4 Å². The second-order valence-corrected chi connectivity index (χ2v) is 4.93. The maximum atomic E-state index is 12.5. The van der Waals surface area contributed by atoms with Gasteiger partial charge >= 0.3 is 0 Å². The number of nitrogens with zero attached hydrogens (tertiary/aromatic N) is 2. The first kappa shape index (κ1) is 17.0. The Labute approximate surface area is 125 Å². The number of ether oxygens (including phenoxy) is 1. The number of aryl methyl sites for hydroxylation is 2. The van der Waals surface area contributed by atoms with Gasteiger partial charge in [-0.3, -0.25) is 4.79 Å². The van der Waals surface area contributed by atoms with E-state index in [1.165, 1.54) is 0 Å². The SMILES string of the molecule is COCCN(CCC(N)=NO)C(=O)c1ccc(C)c(C)c1. The van der Waals surface area contributed by atoms with E-state index < -0.39 is 0 Å². The zero-order valence-electron chi connectivity index (χ0n) is 12.8. The Morgan fingerprint density at radius 1 is 1.33 bits per heavy atom. The zero-order valence-corrected chi connectivity index (χ0v) is 12.8. The number of carbonyl (C=O) groups is 1. The summed E-state index contributed by atoms with van der Waals surface area (Å²) < 4.78 is 5.03. The number of oxime groups is 1. The minimum atomic E-state index is -0.0825. The van der Waals surface area contributed by atoms with Gasteiger partial charge in [0.25, 0.3) is 5.91 Å². The van der Waals surface area contributed by atoms with E-state index in [0.29, 0.717) is 31.7 Å². The van der Waals surface area contributed by atoms with Gasteiger partial charge in [-0.1, -0.05) is 11.2 Å². The molecule has 0 aliphatic carbocycles. The fourth-order valence-corrected chi connectivity index (χ4v) is 1.87. The minimum Gasteiger partial charge on any atom is -0.409 e. The van der Waals surface area contributed by atoms with Gasteiger partial charge in [-0.25, -0.2) is 0 Å². The van der Waals surface area contributed by atoms with Crippen molar-refractivity contribution in [3.8, 4) is 0 Å². The highest BCUT2D eigenvalue weighted by atomic mass is 16.5. The number of benzene rings is 1. The van der Waals surface area contributed by atoms with Crippen LogP contribution in [0.5, 0.6) is 0 Å². The third kappa shape index (κ3) is 5.07. The first-order chi connectivity index (χ1) is 9.99. The molecule has 0 aliphatic heterocycles. The van der Waals surface area contributed by atoms with Crippen molar-refractivity contribution in [1.82, 2.24) is 4.90 Å². The summed E-state index contributed by atoms with van der Waals surface area (Å²) in [6.45, 7) is 5.26. The molecule has 0 radical (unpaired) electrons. The van der Waals surface area contributed by atoms with Gasteiger partial charge in [0.15, 0.2) is 0 Å². The molecule has 0 bridgehead atoms. The molecule has 0 aromatic heterocycles. The normalized spacial score (nSPS) is 11.5. The first-order valence-corrected chi connectivity index (χ1v) is 6.81. The van der Waals surface area contributed by atoms with E-state index in [4.69, 9.17) is 15.7 Å². The number of amides is 1. The molecule has 6 heteroatoms. The Morgan fingerprint density at radius 2 is 2.05 bits per heavy atom. The molecular weight excluding hydrogens is 270 g/mol. The summed E-state index contributed by atoms with van der Waals surface area (Å²) in [6, 6.07) is 5.62. The lowest BCUT2D eigenvalue weighted by molar-refractivity contribution is 0.0700. The summed E-state index contributed by atoms with van der Waals surface area (Å²) in [5.41, 5.74) is 8.31. The number of nitrogens with two attached hydrogens (primary N) is 1. The molecule has 1 aromatic carbocycles. The largest absolute Gasteiger partial charge is 0.409 e. The lowest BCUT2D eigenvalue weighted by atomic mass is 10.1. The van der Waals surface area contributed by atoms with E-state index in [1.54, 1.807) is 12.0 Å². The molecule has 0 unspecified atom stereocenters. The molecule has 0 saturated carbocycles. The van der Waals surface area contributed by atoms with Crippen LogP contribution in [0.4, 0.5) is 0 Å². The Bertz CT molecular complexity index is 515. The average Bonchev–Trinajstić information content (AvgIpc) is 2.49. The predicted octanol–water partition coefficient (Wildman–Crippen LogP) is 1.53. The molecule has 1 rings (SSSR count). The van der Waals surface area contributed by atoms with Crippen molar-refractivity contribution in [3.63, 3.8) is 0 Å². The van der Waals surface area contributed by atoms with Crippen LogP contribution < -0.4 is 5.73 Å². The van der Waals surface area contributed by atoms with Crippen molar-refractivity contribution in [2.75, 3.05) is 26.8 Å².